The fourth-order valence-corrected chi connectivity index (χ4v) is 5.11. The second kappa shape index (κ2) is 8.99. The molecule has 1 atom stereocenters. The van der Waals surface area contributed by atoms with Crippen molar-refractivity contribution in [1.82, 2.24) is 20.2 Å². The Morgan fingerprint density at radius 2 is 2.09 bits per heavy atom. The average molecular weight is 447 g/mol. The van der Waals surface area contributed by atoms with Crippen molar-refractivity contribution < 1.29 is 9.53 Å². The van der Waals surface area contributed by atoms with Crippen molar-refractivity contribution in [3.63, 3.8) is 0 Å². The van der Waals surface area contributed by atoms with Gasteiger partial charge in [-0.25, -0.2) is 4.98 Å². The van der Waals surface area contributed by atoms with E-state index < -0.39 is 0 Å². The Morgan fingerprint density at radius 3 is 2.85 bits per heavy atom. The lowest BCUT2D eigenvalue weighted by Gasteiger charge is -2.25. The average Bonchev–Trinajstić information content (AvgIpc) is 3.46. The molecule has 1 aliphatic carbocycles. The summed E-state index contributed by atoms with van der Waals surface area (Å²) < 4.78 is 5.40. The van der Waals surface area contributed by atoms with Crippen LogP contribution in [-0.4, -0.2) is 46.3 Å². The predicted molar refractivity (Wildman–Crippen MR) is 126 cm³/mol. The first-order valence-corrected chi connectivity index (χ1v) is 11.9. The predicted octanol–water partition coefficient (Wildman–Crippen LogP) is 4.12. The highest BCUT2D eigenvalue weighted by molar-refractivity contribution is 5.97. The number of benzene rings is 1. The monoisotopic (exact) mass is 446 g/mol. The zero-order chi connectivity index (χ0) is 22.9. The summed E-state index contributed by atoms with van der Waals surface area (Å²) in [5.41, 5.74) is 5.86. The second-order valence-corrected chi connectivity index (χ2v) is 9.34. The van der Waals surface area contributed by atoms with Gasteiger partial charge in [0, 0.05) is 37.9 Å². The van der Waals surface area contributed by atoms with Crippen molar-refractivity contribution >= 4 is 22.6 Å². The number of ether oxygens (including phenoxy) is 1. The highest BCUT2D eigenvalue weighted by Crippen LogP contribution is 2.34. The Bertz CT molecular complexity index is 1210. The van der Waals surface area contributed by atoms with E-state index in [0.717, 1.165) is 48.8 Å². The van der Waals surface area contributed by atoms with Crippen molar-refractivity contribution in [1.29, 1.82) is 5.26 Å². The lowest BCUT2D eigenvalue weighted by Crippen LogP contribution is -2.30. The largest absolute Gasteiger partial charge is 0.381 e. The van der Waals surface area contributed by atoms with E-state index in [1.807, 2.05) is 6.07 Å². The van der Waals surface area contributed by atoms with Crippen LogP contribution >= 0.6 is 0 Å². The first kappa shape index (κ1) is 21.7. The summed E-state index contributed by atoms with van der Waals surface area (Å²) in [6.45, 7) is 3.66. The summed E-state index contributed by atoms with van der Waals surface area (Å²) in [6, 6.07) is 5.87. The molecule has 2 N–H and O–H groups in total. The molecule has 33 heavy (non-hydrogen) atoms. The minimum atomic E-state index is 0.0143. The van der Waals surface area contributed by atoms with Gasteiger partial charge in [-0.2, -0.15) is 10.4 Å². The van der Waals surface area contributed by atoms with Crippen LogP contribution in [0.3, 0.4) is 0 Å². The number of carbonyl (C=O) groups is 1. The summed E-state index contributed by atoms with van der Waals surface area (Å²) in [5, 5.41) is 17.5. The number of H-pyrrole nitrogens is 2. The van der Waals surface area contributed by atoms with E-state index in [4.69, 9.17) is 9.72 Å². The fraction of sp³-hybridized carbons (Fsp3) is 0.520. The van der Waals surface area contributed by atoms with Crippen LogP contribution < -0.4 is 4.90 Å². The fourth-order valence-electron chi connectivity index (χ4n) is 5.11. The molecule has 0 bridgehead atoms. The highest BCUT2D eigenvalue weighted by atomic mass is 16.5. The molecule has 0 unspecified atom stereocenters. The Kier molecular flexibility index (Phi) is 5.90. The van der Waals surface area contributed by atoms with E-state index in [2.05, 4.69) is 28.2 Å². The van der Waals surface area contributed by atoms with Gasteiger partial charge in [-0.15, -0.1) is 0 Å². The lowest BCUT2D eigenvalue weighted by molar-refractivity contribution is -0.119. The van der Waals surface area contributed by atoms with Crippen molar-refractivity contribution in [2.45, 2.75) is 51.9 Å². The molecule has 0 saturated carbocycles. The lowest BCUT2D eigenvalue weighted by atomic mass is 9.85. The number of fused-ring (bicyclic) bond motifs is 2. The van der Waals surface area contributed by atoms with Gasteiger partial charge in [0.2, 0.25) is 5.91 Å². The molecule has 3 heterocycles. The van der Waals surface area contributed by atoms with E-state index in [1.165, 1.54) is 17.7 Å². The van der Waals surface area contributed by atoms with E-state index >= 15 is 0 Å². The van der Waals surface area contributed by atoms with Gasteiger partial charge in [-0.3, -0.25) is 9.89 Å². The maximum Gasteiger partial charge on any atom is 0.227 e. The maximum atomic E-state index is 13.0. The number of nitrogens with zero attached hydrogens (tertiary/aromatic N) is 4. The van der Waals surface area contributed by atoms with Crippen molar-refractivity contribution in [2.75, 3.05) is 25.2 Å². The zero-order valence-electron chi connectivity index (χ0n) is 19.3. The molecular formula is C25H30N6O2. The molecule has 8 nitrogen and oxygen atoms in total. The van der Waals surface area contributed by atoms with E-state index in [1.54, 1.807) is 18.0 Å². The second-order valence-electron chi connectivity index (χ2n) is 9.34. The summed E-state index contributed by atoms with van der Waals surface area (Å²) >= 11 is 0. The number of hydrogen-bond donors (Lipinski definition) is 2. The van der Waals surface area contributed by atoms with Crippen molar-refractivity contribution in [2.24, 2.45) is 11.8 Å². The van der Waals surface area contributed by atoms with Crippen molar-refractivity contribution in [3.05, 3.63) is 29.0 Å². The summed E-state index contributed by atoms with van der Waals surface area (Å²) in [6.07, 6.45) is 6.64. The van der Waals surface area contributed by atoms with Crippen LogP contribution in [0.5, 0.6) is 0 Å². The van der Waals surface area contributed by atoms with Gasteiger partial charge in [0.15, 0.2) is 5.82 Å². The topological polar surface area (TPSA) is 111 Å². The first-order chi connectivity index (χ1) is 16.1. The Labute approximate surface area is 193 Å². The summed E-state index contributed by atoms with van der Waals surface area (Å²) in [5.74, 6) is 1.72. The molecule has 1 aromatic carbocycles. The van der Waals surface area contributed by atoms with Crippen LogP contribution in [-0.2, 0) is 22.4 Å². The molecule has 1 amide bonds. The maximum absolute atomic E-state index is 13.0. The third-order valence-electron chi connectivity index (χ3n) is 7.31. The van der Waals surface area contributed by atoms with Gasteiger partial charge in [0.1, 0.15) is 11.8 Å². The molecule has 1 fully saturated rings. The summed E-state index contributed by atoms with van der Waals surface area (Å²) in [4.78, 5) is 22.7. The van der Waals surface area contributed by atoms with E-state index in [0.29, 0.717) is 48.5 Å². The number of carbonyl (C=O) groups excluding carboxylic acids is 1. The number of nitriles is 1. The number of imidazole rings is 1. The number of aromatic nitrogens is 4. The molecule has 3 aromatic rings. The molecule has 1 aliphatic heterocycles. The molecule has 172 valence electrons. The van der Waals surface area contributed by atoms with Crippen LogP contribution in [0.2, 0.25) is 0 Å². The van der Waals surface area contributed by atoms with Gasteiger partial charge in [0.05, 0.1) is 22.3 Å². The molecule has 0 spiro atoms. The van der Waals surface area contributed by atoms with Crippen LogP contribution in [0.15, 0.2) is 12.1 Å². The Morgan fingerprint density at radius 1 is 1.27 bits per heavy atom. The number of hydrogen-bond acceptors (Lipinski definition) is 5. The number of amides is 1. The number of aromatic amines is 2. The van der Waals surface area contributed by atoms with Gasteiger partial charge in [0.25, 0.3) is 0 Å². The molecule has 1 saturated heterocycles. The Balaban J connectivity index is 1.45. The van der Waals surface area contributed by atoms with E-state index in [9.17, 15) is 10.1 Å². The standard InChI is InChI=1S/C25H30N6O2/c1-3-15-4-5-19-18(10-15)24(30-29-19)25-27-20-12-17(14-26)22(13-21(20)28-25)31(2)23(32)11-16-6-8-33-9-7-16/h12-13,15-16H,3-11H2,1-2H3,(H,27,28)(H,29,30)/t15-/m0/s1. The van der Waals surface area contributed by atoms with Crippen LogP contribution in [0.25, 0.3) is 22.6 Å². The minimum Gasteiger partial charge on any atom is -0.381 e. The molecule has 2 aliphatic rings. The van der Waals surface area contributed by atoms with Gasteiger partial charge < -0.3 is 14.6 Å². The van der Waals surface area contributed by atoms with E-state index in [-0.39, 0.29) is 5.91 Å². The van der Waals surface area contributed by atoms with Crippen molar-refractivity contribution in [3.8, 4) is 17.6 Å². The number of anilines is 1. The molecular weight excluding hydrogens is 416 g/mol. The van der Waals surface area contributed by atoms with Gasteiger partial charge in [-0.1, -0.05) is 13.3 Å². The number of nitrogens with one attached hydrogen (secondary N) is 2. The zero-order valence-corrected chi connectivity index (χ0v) is 19.3. The molecule has 2 aromatic heterocycles. The molecule has 8 heteroatoms. The number of rotatable bonds is 5. The Hall–Kier alpha value is -3.18. The third-order valence-corrected chi connectivity index (χ3v) is 7.31. The highest BCUT2D eigenvalue weighted by Gasteiger charge is 2.26. The summed E-state index contributed by atoms with van der Waals surface area (Å²) in [7, 11) is 1.74. The molecule has 0 radical (unpaired) electrons. The quantitative estimate of drug-likeness (QED) is 0.612. The normalized spacial score (nSPS) is 18.8. The van der Waals surface area contributed by atoms with Gasteiger partial charge >= 0.3 is 0 Å². The van der Waals surface area contributed by atoms with Crippen LogP contribution in [0.1, 0.15) is 55.8 Å². The minimum absolute atomic E-state index is 0.0143. The smallest absolute Gasteiger partial charge is 0.227 e. The SMILES string of the molecule is CC[C@H]1CCc2[nH]nc(-c3nc4cc(N(C)C(=O)CC5CCOCC5)c(C#N)cc4[nH]3)c2C1. The molecule has 5 rings (SSSR count). The van der Waals surface area contributed by atoms with Crippen LogP contribution in [0, 0.1) is 23.2 Å². The third kappa shape index (κ3) is 4.13. The van der Waals surface area contributed by atoms with Gasteiger partial charge in [-0.05, 0) is 56.1 Å². The first-order valence-electron chi connectivity index (χ1n) is 11.9. The number of aryl methyl sites for hydroxylation is 1. The van der Waals surface area contributed by atoms with Crippen LogP contribution in [0.4, 0.5) is 5.69 Å².